The zero-order valence-corrected chi connectivity index (χ0v) is 9.53. The van der Waals surface area contributed by atoms with Gasteiger partial charge in [0.05, 0.1) is 0 Å². The van der Waals surface area contributed by atoms with E-state index in [1.165, 1.54) is 25.7 Å². The first-order valence-corrected chi connectivity index (χ1v) is 6.19. The van der Waals surface area contributed by atoms with Crippen LogP contribution in [0.1, 0.15) is 63.0 Å². The first kappa shape index (κ1) is 9.37. The maximum Gasteiger partial charge on any atom is 0.153 e. The van der Waals surface area contributed by atoms with Crippen LogP contribution < -0.4 is 0 Å². The number of H-pyrrole nitrogens is 1. The first-order chi connectivity index (χ1) is 7.27. The van der Waals surface area contributed by atoms with Crippen LogP contribution in [0.2, 0.25) is 0 Å². The second kappa shape index (κ2) is 3.32. The van der Waals surface area contributed by atoms with Crippen molar-refractivity contribution in [2.75, 3.05) is 0 Å². The van der Waals surface area contributed by atoms with Gasteiger partial charge in [-0.25, -0.2) is 4.98 Å². The van der Waals surface area contributed by atoms with Gasteiger partial charge in [0, 0.05) is 11.8 Å². The predicted molar refractivity (Wildman–Crippen MR) is 58.7 cm³/mol. The minimum atomic E-state index is 0.441. The summed E-state index contributed by atoms with van der Waals surface area (Å²) in [6.45, 7) is 4.29. The summed E-state index contributed by atoms with van der Waals surface area (Å²) in [6.07, 6.45) is 5.66. The fraction of sp³-hybridized carbons (Fsp3) is 0.833. The zero-order chi connectivity index (χ0) is 10.4. The van der Waals surface area contributed by atoms with Crippen LogP contribution in [0.25, 0.3) is 0 Å². The van der Waals surface area contributed by atoms with Gasteiger partial charge in [0.1, 0.15) is 5.82 Å². The van der Waals surface area contributed by atoms with Gasteiger partial charge < -0.3 is 0 Å². The number of nitrogens with one attached hydrogen (secondary N) is 1. The Morgan fingerprint density at radius 3 is 2.40 bits per heavy atom. The van der Waals surface area contributed by atoms with E-state index in [9.17, 15) is 0 Å². The SMILES string of the molecule is CC(C)c1n[nH]c(C2C3CCCCC32)n1. The lowest BCUT2D eigenvalue weighted by atomic mass is 10.0. The molecule has 1 aromatic heterocycles. The van der Waals surface area contributed by atoms with E-state index in [4.69, 9.17) is 0 Å². The highest BCUT2D eigenvalue weighted by Crippen LogP contribution is 2.60. The van der Waals surface area contributed by atoms with Crippen molar-refractivity contribution in [1.29, 1.82) is 0 Å². The Morgan fingerprint density at radius 2 is 1.87 bits per heavy atom. The number of rotatable bonds is 2. The second-order valence-corrected chi connectivity index (χ2v) is 5.37. The summed E-state index contributed by atoms with van der Waals surface area (Å²) in [7, 11) is 0. The van der Waals surface area contributed by atoms with E-state index in [0.29, 0.717) is 11.8 Å². The summed E-state index contributed by atoms with van der Waals surface area (Å²) in [5, 5.41) is 7.44. The van der Waals surface area contributed by atoms with Crippen LogP contribution in [0.4, 0.5) is 0 Å². The molecule has 0 amide bonds. The standard InChI is InChI=1S/C12H19N3/c1-7(2)11-13-12(15-14-11)10-8-5-3-4-6-9(8)10/h7-10H,3-6H2,1-2H3,(H,13,14,15). The molecule has 3 heteroatoms. The lowest BCUT2D eigenvalue weighted by Crippen LogP contribution is -1.91. The molecule has 3 rings (SSSR count). The van der Waals surface area contributed by atoms with Crippen molar-refractivity contribution in [2.45, 2.75) is 51.4 Å². The van der Waals surface area contributed by atoms with Crippen LogP contribution in [0.5, 0.6) is 0 Å². The highest BCUT2D eigenvalue weighted by Gasteiger charge is 2.53. The summed E-state index contributed by atoms with van der Waals surface area (Å²) in [6, 6.07) is 0. The Balaban J connectivity index is 1.77. The lowest BCUT2D eigenvalue weighted by molar-refractivity contribution is 0.480. The van der Waals surface area contributed by atoms with Crippen molar-refractivity contribution in [1.82, 2.24) is 15.2 Å². The zero-order valence-electron chi connectivity index (χ0n) is 9.53. The van der Waals surface area contributed by atoms with Crippen LogP contribution in [0.3, 0.4) is 0 Å². The van der Waals surface area contributed by atoms with E-state index < -0.39 is 0 Å². The van der Waals surface area contributed by atoms with Crippen molar-refractivity contribution in [3.8, 4) is 0 Å². The third-order valence-electron chi connectivity index (χ3n) is 4.01. The highest BCUT2D eigenvalue weighted by molar-refractivity contribution is 5.16. The van der Waals surface area contributed by atoms with Crippen LogP contribution in [0, 0.1) is 11.8 Å². The largest absolute Gasteiger partial charge is 0.263 e. The van der Waals surface area contributed by atoms with E-state index in [-0.39, 0.29) is 0 Å². The Bertz CT molecular complexity index is 344. The average molecular weight is 205 g/mol. The van der Waals surface area contributed by atoms with Gasteiger partial charge in [0.25, 0.3) is 0 Å². The van der Waals surface area contributed by atoms with E-state index in [0.717, 1.165) is 23.5 Å². The molecule has 2 aliphatic rings. The Morgan fingerprint density at radius 1 is 1.20 bits per heavy atom. The van der Waals surface area contributed by atoms with Crippen LogP contribution in [0.15, 0.2) is 0 Å². The molecule has 15 heavy (non-hydrogen) atoms. The van der Waals surface area contributed by atoms with E-state index >= 15 is 0 Å². The molecule has 1 aromatic rings. The van der Waals surface area contributed by atoms with E-state index in [1.54, 1.807) is 0 Å². The molecule has 1 heterocycles. The van der Waals surface area contributed by atoms with Crippen LogP contribution in [-0.2, 0) is 0 Å². The molecule has 1 N–H and O–H groups in total. The maximum atomic E-state index is 4.63. The van der Waals surface area contributed by atoms with E-state index in [1.807, 2.05) is 0 Å². The molecular weight excluding hydrogens is 186 g/mol. The summed E-state index contributed by atoms with van der Waals surface area (Å²) in [5.41, 5.74) is 0. The van der Waals surface area contributed by atoms with Crippen molar-refractivity contribution < 1.29 is 0 Å². The third kappa shape index (κ3) is 1.48. The summed E-state index contributed by atoms with van der Waals surface area (Å²) in [4.78, 5) is 4.63. The second-order valence-electron chi connectivity index (χ2n) is 5.37. The molecule has 0 aliphatic heterocycles. The molecule has 0 bridgehead atoms. The minimum absolute atomic E-state index is 0.441. The number of hydrogen-bond acceptors (Lipinski definition) is 2. The van der Waals surface area contributed by atoms with Crippen LogP contribution in [-0.4, -0.2) is 15.2 Å². The molecule has 0 radical (unpaired) electrons. The molecule has 82 valence electrons. The minimum Gasteiger partial charge on any atom is -0.263 e. The molecule has 2 unspecified atom stereocenters. The van der Waals surface area contributed by atoms with Gasteiger partial charge in [-0.05, 0) is 24.7 Å². The quantitative estimate of drug-likeness (QED) is 0.806. The van der Waals surface area contributed by atoms with Gasteiger partial charge in [-0.1, -0.05) is 26.7 Å². The van der Waals surface area contributed by atoms with Gasteiger partial charge in [-0.2, -0.15) is 5.10 Å². The highest BCUT2D eigenvalue weighted by atomic mass is 15.2. The fourth-order valence-corrected chi connectivity index (χ4v) is 3.09. The van der Waals surface area contributed by atoms with Gasteiger partial charge in [-0.3, -0.25) is 5.10 Å². The van der Waals surface area contributed by atoms with Gasteiger partial charge in [0.15, 0.2) is 5.82 Å². The summed E-state index contributed by atoms with van der Waals surface area (Å²) in [5.74, 6) is 5.14. The Kier molecular flexibility index (Phi) is 2.08. The van der Waals surface area contributed by atoms with Gasteiger partial charge in [0.2, 0.25) is 0 Å². The number of hydrogen-bond donors (Lipinski definition) is 1. The Hall–Kier alpha value is -0.860. The van der Waals surface area contributed by atoms with Crippen molar-refractivity contribution in [3.05, 3.63) is 11.6 Å². The maximum absolute atomic E-state index is 4.63. The molecule has 2 saturated carbocycles. The molecule has 0 aromatic carbocycles. The Labute approximate surface area is 90.7 Å². The smallest absolute Gasteiger partial charge is 0.153 e. The summed E-state index contributed by atoms with van der Waals surface area (Å²) < 4.78 is 0. The number of aromatic amines is 1. The molecule has 0 saturated heterocycles. The van der Waals surface area contributed by atoms with Crippen molar-refractivity contribution in [2.24, 2.45) is 11.8 Å². The topological polar surface area (TPSA) is 41.6 Å². The van der Waals surface area contributed by atoms with Gasteiger partial charge >= 0.3 is 0 Å². The molecule has 2 aliphatic carbocycles. The average Bonchev–Trinajstić information content (AvgIpc) is 2.75. The van der Waals surface area contributed by atoms with E-state index in [2.05, 4.69) is 29.0 Å². The lowest BCUT2D eigenvalue weighted by Gasteiger charge is -2.04. The normalized spacial score (nSPS) is 34.2. The van der Waals surface area contributed by atoms with Crippen molar-refractivity contribution >= 4 is 0 Å². The van der Waals surface area contributed by atoms with Crippen LogP contribution >= 0.6 is 0 Å². The number of fused-ring (bicyclic) bond motifs is 1. The van der Waals surface area contributed by atoms with Crippen molar-refractivity contribution in [3.63, 3.8) is 0 Å². The first-order valence-electron chi connectivity index (χ1n) is 6.19. The fourth-order valence-electron chi connectivity index (χ4n) is 3.09. The third-order valence-corrected chi connectivity index (χ3v) is 4.01. The molecule has 3 nitrogen and oxygen atoms in total. The monoisotopic (exact) mass is 205 g/mol. The molecule has 0 spiro atoms. The number of aromatic nitrogens is 3. The molecule has 2 fully saturated rings. The predicted octanol–water partition coefficient (Wildman–Crippen LogP) is 2.83. The van der Waals surface area contributed by atoms with Gasteiger partial charge in [-0.15, -0.1) is 0 Å². The summed E-state index contributed by atoms with van der Waals surface area (Å²) >= 11 is 0. The molecular formula is C12H19N3. The molecule has 2 atom stereocenters. The number of nitrogens with zero attached hydrogens (tertiary/aromatic N) is 2.